The van der Waals surface area contributed by atoms with E-state index < -0.39 is 24.0 Å². The zero-order valence-electron chi connectivity index (χ0n) is 20.9. The number of rotatable bonds is 9. The van der Waals surface area contributed by atoms with Gasteiger partial charge in [-0.2, -0.15) is 13.2 Å². The Kier molecular flexibility index (Phi) is 8.71. The minimum Gasteiger partial charge on any atom is -0.380 e. The molecule has 8 nitrogen and oxygen atoms in total. The van der Waals surface area contributed by atoms with Gasteiger partial charge in [0.25, 0.3) is 11.8 Å². The molecule has 37 heavy (non-hydrogen) atoms. The third kappa shape index (κ3) is 6.60. The van der Waals surface area contributed by atoms with Gasteiger partial charge in [-0.25, -0.2) is 4.98 Å². The molecule has 1 aromatic carbocycles. The number of anilines is 2. The van der Waals surface area contributed by atoms with Gasteiger partial charge in [0.2, 0.25) is 0 Å². The predicted molar refractivity (Wildman–Crippen MR) is 136 cm³/mol. The number of aromatic nitrogens is 1. The first-order valence-electron chi connectivity index (χ1n) is 12.5. The Hall–Kier alpha value is -2.70. The maximum Gasteiger partial charge on any atom is 0.404 e. The van der Waals surface area contributed by atoms with Gasteiger partial charge in [-0.3, -0.25) is 14.5 Å². The van der Waals surface area contributed by atoms with Crippen molar-refractivity contribution in [1.29, 1.82) is 0 Å². The average Bonchev–Trinajstić information content (AvgIpc) is 3.63. The largest absolute Gasteiger partial charge is 0.404 e. The summed E-state index contributed by atoms with van der Waals surface area (Å²) >= 11 is 1.36. The van der Waals surface area contributed by atoms with Crippen molar-refractivity contribution < 1.29 is 27.5 Å². The van der Waals surface area contributed by atoms with Gasteiger partial charge in [-0.15, -0.1) is 11.3 Å². The summed E-state index contributed by atoms with van der Waals surface area (Å²) in [6, 6.07) is 3.30. The molecule has 3 heterocycles. The highest BCUT2D eigenvalue weighted by Gasteiger charge is 2.45. The highest BCUT2D eigenvalue weighted by molar-refractivity contribution is 7.14. The number of likely N-dealkylation sites (tertiary alicyclic amines) is 1. The standard InChI is InChI=1S/C25H32F3N5O3S/c1-3-9-29-22(34)18-12-16(13-32-10-4-5-21(32)25(26,27)28)6-7-19(18)30-23(35)20-15-37-24(31-20)33-11-8-17(14-33)36-2/h6-7,12,15,17,21H,3-5,8-11,13-14H2,1-2H3,(H,29,34)(H,30,35)/t17-,21-/m0/s1. The van der Waals surface area contributed by atoms with Crippen LogP contribution in [0.4, 0.5) is 24.0 Å². The number of alkyl halides is 3. The van der Waals surface area contributed by atoms with Crippen LogP contribution in [0.5, 0.6) is 0 Å². The summed E-state index contributed by atoms with van der Waals surface area (Å²) in [4.78, 5) is 33.8. The summed E-state index contributed by atoms with van der Waals surface area (Å²) in [7, 11) is 1.67. The lowest BCUT2D eigenvalue weighted by Gasteiger charge is -2.26. The Labute approximate surface area is 218 Å². The van der Waals surface area contributed by atoms with Crippen molar-refractivity contribution >= 4 is 34.0 Å². The topological polar surface area (TPSA) is 86.8 Å². The van der Waals surface area contributed by atoms with E-state index >= 15 is 0 Å². The van der Waals surface area contributed by atoms with E-state index in [0.29, 0.717) is 31.6 Å². The van der Waals surface area contributed by atoms with E-state index in [4.69, 9.17) is 4.74 Å². The number of nitrogens with one attached hydrogen (secondary N) is 2. The summed E-state index contributed by atoms with van der Waals surface area (Å²) in [5.41, 5.74) is 1.30. The molecule has 4 rings (SSSR count). The van der Waals surface area contributed by atoms with Gasteiger partial charge < -0.3 is 20.3 Å². The van der Waals surface area contributed by atoms with Crippen LogP contribution < -0.4 is 15.5 Å². The van der Waals surface area contributed by atoms with Crippen LogP contribution >= 0.6 is 11.3 Å². The van der Waals surface area contributed by atoms with Gasteiger partial charge in [0.05, 0.1) is 17.4 Å². The summed E-state index contributed by atoms with van der Waals surface area (Å²) < 4.78 is 45.6. The molecule has 0 radical (unpaired) electrons. The van der Waals surface area contributed by atoms with Crippen molar-refractivity contribution in [1.82, 2.24) is 15.2 Å². The molecule has 2 aromatic rings. The maximum absolute atomic E-state index is 13.4. The van der Waals surface area contributed by atoms with Crippen molar-refractivity contribution in [3.8, 4) is 0 Å². The van der Waals surface area contributed by atoms with Crippen LogP contribution in [0.3, 0.4) is 0 Å². The van der Waals surface area contributed by atoms with Gasteiger partial charge in [-0.05, 0) is 49.9 Å². The second-order valence-electron chi connectivity index (χ2n) is 9.37. The van der Waals surface area contributed by atoms with E-state index in [1.54, 1.807) is 30.7 Å². The number of ether oxygens (including phenoxy) is 1. The Balaban J connectivity index is 1.51. The molecule has 2 amide bonds. The third-order valence-corrected chi connectivity index (χ3v) is 7.61. The van der Waals surface area contributed by atoms with E-state index in [1.807, 2.05) is 6.92 Å². The number of carbonyl (C=O) groups is 2. The van der Waals surface area contributed by atoms with E-state index in [-0.39, 0.29) is 36.0 Å². The monoisotopic (exact) mass is 539 g/mol. The molecule has 12 heteroatoms. The van der Waals surface area contributed by atoms with Gasteiger partial charge in [0, 0.05) is 38.7 Å². The quantitative estimate of drug-likeness (QED) is 0.495. The Morgan fingerprint density at radius 3 is 2.73 bits per heavy atom. The fourth-order valence-electron chi connectivity index (χ4n) is 4.74. The van der Waals surface area contributed by atoms with Crippen LogP contribution in [0.1, 0.15) is 59.0 Å². The van der Waals surface area contributed by atoms with Crippen molar-refractivity contribution in [2.24, 2.45) is 0 Å². The summed E-state index contributed by atoms with van der Waals surface area (Å²) in [6.07, 6.45) is -2.01. The minimum atomic E-state index is -4.29. The van der Waals surface area contributed by atoms with E-state index in [2.05, 4.69) is 20.5 Å². The molecule has 0 saturated carbocycles. The summed E-state index contributed by atoms with van der Waals surface area (Å²) in [5, 5.41) is 7.96. The molecule has 2 fully saturated rings. The molecule has 2 aliphatic heterocycles. The smallest absolute Gasteiger partial charge is 0.380 e. The van der Waals surface area contributed by atoms with Crippen molar-refractivity contribution in [2.45, 2.75) is 57.5 Å². The lowest BCUT2D eigenvalue weighted by atomic mass is 10.1. The Bertz CT molecular complexity index is 1110. The fraction of sp³-hybridized carbons (Fsp3) is 0.560. The number of nitrogens with zero attached hydrogens (tertiary/aromatic N) is 3. The van der Waals surface area contributed by atoms with Gasteiger partial charge >= 0.3 is 6.18 Å². The predicted octanol–water partition coefficient (Wildman–Crippen LogP) is 4.29. The minimum absolute atomic E-state index is 0.0697. The van der Waals surface area contributed by atoms with Gasteiger partial charge in [0.1, 0.15) is 11.7 Å². The fourth-order valence-corrected chi connectivity index (χ4v) is 5.58. The molecular weight excluding hydrogens is 507 g/mol. The van der Waals surface area contributed by atoms with E-state index in [9.17, 15) is 22.8 Å². The Morgan fingerprint density at radius 2 is 2.03 bits per heavy atom. The summed E-state index contributed by atoms with van der Waals surface area (Å²) in [6.45, 7) is 4.27. The number of methoxy groups -OCH3 is 1. The third-order valence-electron chi connectivity index (χ3n) is 6.71. The molecular formula is C25H32F3N5O3S. The first-order valence-corrected chi connectivity index (χ1v) is 13.3. The van der Waals surface area contributed by atoms with Crippen LogP contribution in [-0.2, 0) is 11.3 Å². The lowest BCUT2D eigenvalue weighted by Crippen LogP contribution is -2.40. The Morgan fingerprint density at radius 1 is 1.22 bits per heavy atom. The number of benzene rings is 1. The molecule has 202 valence electrons. The van der Waals surface area contributed by atoms with Crippen molar-refractivity contribution in [3.63, 3.8) is 0 Å². The second-order valence-corrected chi connectivity index (χ2v) is 10.2. The van der Waals surface area contributed by atoms with E-state index in [1.165, 1.54) is 16.2 Å². The zero-order chi connectivity index (χ0) is 26.6. The first-order chi connectivity index (χ1) is 17.7. The molecule has 2 saturated heterocycles. The number of thiazole rings is 1. The highest BCUT2D eigenvalue weighted by atomic mass is 32.1. The number of carbonyl (C=O) groups excluding carboxylic acids is 2. The summed E-state index contributed by atoms with van der Waals surface area (Å²) in [5.74, 6) is -0.853. The second kappa shape index (κ2) is 11.8. The van der Waals surface area contributed by atoms with Crippen LogP contribution in [0.15, 0.2) is 23.6 Å². The van der Waals surface area contributed by atoms with Crippen LogP contribution in [0.2, 0.25) is 0 Å². The van der Waals surface area contributed by atoms with Gasteiger partial charge in [0.15, 0.2) is 5.13 Å². The average molecular weight is 540 g/mol. The van der Waals surface area contributed by atoms with Crippen molar-refractivity contribution in [2.75, 3.05) is 43.5 Å². The maximum atomic E-state index is 13.4. The number of hydrogen-bond donors (Lipinski definition) is 2. The normalized spacial score (nSPS) is 20.4. The van der Waals surface area contributed by atoms with Gasteiger partial charge in [-0.1, -0.05) is 13.0 Å². The van der Waals surface area contributed by atoms with Crippen LogP contribution in [0, 0.1) is 0 Å². The number of amides is 2. The molecule has 0 unspecified atom stereocenters. The zero-order valence-corrected chi connectivity index (χ0v) is 21.8. The van der Waals surface area contributed by atoms with Crippen LogP contribution in [-0.4, -0.2) is 73.3 Å². The number of halogens is 3. The molecule has 0 bridgehead atoms. The lowest BCUT2D eigenvalue weighted by molar-refractivity contribution is -0.177. The van der Waals surface area contributed by atoms with E-state index in [0.717, 1.165) is 24.5 Å². The van der Waals surface area contributed by atoms with Crippen LogP contribution in [0.25, 0.3) is 0 Å². The molecule has 2 N–H and O–H groups in total. The highest BCUT2D eigenvalue weighted by Crippen LogP contribution is 2.34. The van der Waals surface area contributed by atoms with Crippen molar-refractivity contribution in [3.05, 3.63) is 40.4 Å². The molecule has 2 atom stereocenters. The molecule has 2 aliphatic rings. The number of hydrogen-bond acceptors (Lipinski definition) is 7. The first kappa shape index (κ1) is 27.3. The molecule has 0 aliphatic carbocycles. The molecule has 0 spiro atoms. The molecule has 1 aromatic heterocycles. The SMILES string of the molecule is CCCNC(=O)c1cc(CN2CCC[C@H]2C(F)(F)F)ccc1NC(=O)c1csc(N2CC[C@H](OC)C2)n1.